The van der Waals surface area contributed by atoms with Crippen LogP contribution in [0.5, 0.6) is 0 Å². The quantitative estimate of drug-likeness (QED) is 0.577. The van der Waals surface area contributed by atoms with Crippen molar-refractivity contribution in [3.05, 3.63) is 11.6 Å². The Hall–Kier alpha value is -0.840. The number of ether oxygens (including phenoxy) is 2. The Balaban J connectivity index is 2.09. The lowest BCUT2D eigenvalue weighted by molar-refractivity contribution is -0.145. The van der Waals surface area contributed by atoms with Gasteiger partial charge in [0.1, 0.15) is 6.10 Å². The lowest BCUT2D eigenvalue weighted by Gasteiger charge is -2.17. The monoisotopic (exact) mass is 302 g/mol. The van der Waals surface area contributed by atoms with Crippen molar-refractivity contribution in [1.82, 2.24) is 0 Å². The molecule has 0 radical (unpaired) electrons. The van der Waals surface area contributed by atoms with Gasteiger partial charge in [-0.3, -0.25) is 4.79 Å². The van der Waals surface area contributed by atoms with Crippen LogP contribution in [0.1, 0.15) is 19.8 Å². The van der Waals surface area contributed by atoms with Gasteiger partial charge in [-0.25, -0.2) is 4.79 Å². The molecule has 0 aromatic rings. The molecule has 4 atom stereocenters. The van der Waals surface area contributed by atoms with Crippen LogP contribution in [0.4, 0.5) is 0 Å². The molecule has 2 rings (SSSR count). The highest BCUT2D eigenvalue weighted by Crippen LogP contribution is 2.48. The summed E-state index contributed by atoms with van der Waals surface area (Å²) in [5.41, 5.74) is 0.733. The molecule has 17 heavy (non-hydrogen) atoms. The van der Waals surface area contributed by atoms with Gasteiger partial charge in [0.25, 0.3) is 0 Å². The number of esters is 2. The molecule has 0 bridgehead atoms. The molecule has 0 aromatic carbocycles. The molecule has 1 fully saturated rings. The second kappa shape index (κ2) is 4.80. The van der Waals surface area contributed by atoms with Crippen LogP contribution in [0.15, 0.2) is 11.6 Å². The van der Waals surface area contributed by atoms with Crippen LogP contribution in [0, 0.1) is 11.8 Å². The first-order valence-electron chi connectivity index (χ1n) is 5.64. The highest BCUT2D eigenvalue weighted by atomic mass is 79.9. The molecule has 1 saturated carbocycles. The maximum absolute atomic E-state index is 11.6. The number of halogens is 1. The second-order valence-corrected chi connectivity index (χ2v) is 5.54. The van der Waals surface area contributed by atoms with E-state index in [0.29, 0.717) is 12.3 Å². The van der Waals surface area contributed by atoms with Crippen molar-refractivity contribution in [3.63, 3.8) is 0 Å². The molecular weight excluding hydrogens is 288 g/mol. The van der Waals surface area contributed by atoms with E-state index < -0.39 is 0 Å². The maximum Gasteiger partial charge on any atom is 0.333 e. The van der Waals surface area contributed by atoms with Gasteiger partial charge in [0, 0.05) is 12.5 Å². The van der Waals surface area contributed by atoms with Gasteiger partial charge >= 0.3 is 11.9 Å². The number of carbonyl (C=O) groups is 2. The summed E-state index contributed by atoms with van der Waals surface area (Å²) < 4.78 is 10.0. The third-order valence-electron chi connectivity index (χ3n) is 3.52. The minimum absolute atomic E-state index is 0.120. The van der Waals surface area contributed by atoms with Crippen LogP contribution < -0.4 is 0 Å². The van der Waals surface area contributed by atoms with E-state index in [9.17, 15) is 9.59 Å². The third-order valence-corrected chi connectivity index (χ3v) is 4.78. The third kappa shape index (κ3) is 2.25. The average Bonchev–Trinajstić information content (AvgIpc) is 2.80. The Morgan fingerprint density at radius 1 is 1.47 bits per heavy atom. The Morgan fingerprint density at radius 2 is 2.18 bits per heavy atom. The van der Waals surface area contributed by atoms with Crippen LogP contribution in [-0.4, -0.2) is 30.0 Å². The van der Waals surface area contributed by atoms with E-state index in [2.05, 4.69) is 15.9 Å². The van der Waals surface area contributed by atoms with Crippen molar-refractivity contribution in [3.8, 4) is 0 Å². The normalized spacial score (nSPS) is 35.1. The molecule has 2 aliphatic rings. The SMILES string of the molecule is COC(=O)C1=CC[C@H]2[C@@H](Br)[C@H](OC(C)=O)C[C@@H]12. The predicted molar refractivity (Wildman–Crippen MR) is 64.6 cm³/mol. The number of hydrogen-bond donors (Lipinski definition) is 0. The van der Waals surface area contributed by atoms with Crippen molar-refractivity contribution < 1.29 is 19.1 Å². The summed E-state index contributed by atoms with van der Waals surface area (Å²) in [5, 5.41) is 0. The molecule has 0 N–H and O–H groups in total. The van der Waals surface area contributed by atoms with Crippen molar-refractivity contribution >= 4 is 27.9 Å². The zero-order chi connectivity index (χ0) is 12.6. The lowest BCUT2D eigenvalue weighted by atomic mass is 9.95. The first-order valence-corrected chi connectivity index (χ1v) is 6.55. The fourth-order valence-corrected chi connectivity index (χ4v) is 3.71. The van der Waals surface area contributed by atoms with E-state index in [0.717, 1.165) is 12.0 Å². The number of rotatable bonds is 2. The molecule has 0 aromatic heterocycles. The van der Waals surface area contributed by atoms with E-state index in [4.69, 9.17) is 9.47 Å². The van der Waals surface area contributed by atoms with Crippen LogP contribution >= 0.6 is 15.9 Å². The molecule has 5 heteroatoms. The van der Waals surface area contributed by atoms with E-state index in [1.54, 1.807) is 0 Å². The summed E-state index contributed by atoms with van der Waals surface area (Å²) in [6.45, 7) is 1.41. The maximum atomic E-state index is 11.6. The van der Waals surface area contributed by atoms with Crippen molar-refractivity contribution in [2.24, 2.45) is 11.8 Å². The molecule has 0 aliphatic heterocycles. The standard InChI is InChI=1S/C12H15BrO4/c1-6(14)17-10-5-9-7(11(10)13)3-4-8(9)12(15)16-2/h4,7,9-11H,3,5H2,1-2H3/t7-,9-,10-,11-/m1/s1. The van der Waals surface area contributed by atoms with E-state index in [-0.39, 0.29) is 28.8 Å². The van der Waals surface area contributed by atoms with Gasteiger partial charge in [0.05, 0.1) is 11.9 Å². The number of fused-ring (bicyclic) bond motifs is 1. The first-order chi connectivity index (χ1) is 8.04. The van der Waals surface area contributed by atoms with Gasteiger partial charge in [-0.1, -0.05) is 22.0 Å². The average molecular weight is 303 g/mol. The van der Waals surface area contributed by atoms with Gasteiger partial charge in [0.15, 0.2) is 0 Å². The Labute approximate surface area is 108 Å². The Kier molecular flexibility index (Phi) is 3.56. The molecular formula is C12H15BrO4. The smallest absolute Gasteiger partial charge is 0.333 e. The molecule has 0 spiro atoms. The van der Waals surface area contributed by atoms with Gasteiger partial charge in [0.2, 0.25) is 0 Å². The Morgan fingerprint density at radius 3 is 2.76 bits per heavy atom. The van der Waals surface area contributed by atoms with Gasteiger partial charge in [-0.15, -0.1) is 0 Å². The van der Waals surface area contributed by atoms with E-state index >= 15 is 0 Å². The van der Waals surface area contributed by atoms with E-state index in [1.807, 2.05) is 6.08 Å². The second-order valence-electron chi connectivity index (χ2n) is 4.49. The molecule has 2 aliphatic carbocycles. The van der Waals surface area contributed by atoms with Gasteiger partial charge in [-0.05, 0) is 24.7 Å². The van der Waals surface area contributed by atoms with Crippen molar-refractivity contribution in [2.45, 2.75) is 30.7 Å². The summed E-state index contributed by atoms with van der Waals surface area (Å²) in [4.78, 5) is 22.7. The van der Waals surface area contributed by atoms with Gasteiger partial charge in [-0.2, -0.15) is 0 Å². The zero-order valence-electron chi connectivity index (χ0n) is 9.81. The fourth-order valence-electron chi connectivity index (χ4n) is 2.80. The fraction of sp³-hybridized carbons (Fsp3) is 0.667. The number of allylic oxidation sites excluding steroid dienone is 1. The highest BCUT2D eigenvalue weighted by molar-refractivity contribution is 9.09. The predicted octanol–water partition coefficient (Wildman–Crippen LogP) is 1.82. The number of hydrogen-bond acceptors (Lipinski definition) is 4. The number of methoxy groups -OCH3 is 1. The molecule has 0 unspecified atom stereocenters. The summed E-state index contributed by atoms with van der Waals surface area (Å²) in [5.74, 6) is -0.0617. The Bertz CT molecular complexity index is 377. The van der Waals surface area contributed by atoms with E-state index in [1.165, 1.54) is 14.0 Å². The summed E-state index contributed by atoms with van der Waals surface area (Å²) in [6.07, 6.45) is 3.33. The minimum atomic E-state index is -0.275. The summed E-state index contributed by atoms with van der Waals surface area (Å²) >= 11 is 3.58. The minimum Gasteiger partial charge on any atom is -0.466 e. The highest BCUT2D eigenvalue weighted by Gasteiger charge is 2.48. The first kappa shape index (κ1) is 12.6. The number of alkyl halides is 1. The van der Waals surface area contributed by atoms with Crippen molar-refractivity contribution in [2.75, 3.05) is 7.11 Å². The molecule has 0 heterocycles. The van der Waals surface area contributed by atoms with Gasteiger partial charge < -0.3 is 9.47 Å². The molecule has 0 amide bonds. The lowest BCUT2D eigenvalue weighted by Crippen LogP contribution is -2.24. The van der Waals surface area contributed by atoms with Crippen molar-refractivity contribution in [1.29, 1.82) is 0 Å². The van der Waals surface area contributed by atoms with Crippen LogP contribution in [0.3, 0.4) is 0 Å². The largest absolute Gasteiger partial charge is 0.466 e. The van der Waals surface area contributed by atoms with Crippen LogP contribution in [0.2, 0.25) is 0 Å². The molecule has 0 saturated heterocycles. The summed E-state index contributed by atoms with van der Waals surface area (Å²) in [6, 6.07) is 0. The molecule has 94 valence electrons. The number of carbonyl (C=O) groups excluding carboxylic acids is 2. The summed E-state index contributed by atoms with van der Waals surface area (Å²) in [7, 11) is 1.39. The van der Waals surface area contributed by atoms with Crippen LogP contribution in [0.25, 0.3) is 0 Å². The molecule has 4 nitrogen and oxygen atoms in total. The zero-order valence-corrected chi connectivity index (χ0v) is 11.4. The topological polar surface area (TPSA) is 52.6 Å². The van der Waals surface area contributed by atoms with Crippen LogP contribution in [-0.2, 0) is 19.1 Å².